The lowest BCUT2D eigenvalue weighted by molar-refractivity contribution is -0.130. The Labute approximate surface area is 310 Å². The van der Waals surface area contributed by atoms with Crippen LogP contribution in [0.25, 0.3) is 0 Å². The van der Waals surface area contributed by atoms with Gasteiger partial charge in [-0.05, 0) is 93.1 Å². The second-order valence-corrected chi connectivity index (χ2v) is 13.4. The molecule has 1 unspecified atom stereocenters. The molecule has 1 saturated heterocycles. The molecule has 3 aromatic rings. The summed E-state index contributed by atoms with van der Waals surface area (Å²) in [4.78, 5) is 68.8. The number of aromatic carboxylic acids is 1. The molecule has 1 saturated carbocycles. The molecule has 0 bridgehead atoms. The maximum absolute atomic E-state index is 14.1. The van der Waals surface area contributed by atoms with Crippen LogP contribution < -0.4 is 26.2 Å². The van der Waals surface area contributed by atoms with Crippen LogP contribution in [-0.2, 0) is 20.7 Å². The lowest BCUT2D eigenvalue weighted by Gasteiger charge is -2.37. The molecule has 13 heteroatoms. The third-order valence-electron chi connectivity index (χ3n) is 9.95. The normalized spacial score (nSPS) is 17.2. The summed E-state index contributed by atoms with van der Waals surface area (Å²) in [5, 5.41) is 14.4. The third kappa shape index (κ3) is 9.65. The average molecular weight is 727 g/mol. The van der Waals surface area contributed by atoms with E-state index < -0.39 is 24.0 Å². The van der Waals surface area contributed by atoms with Crippen molar-refractivity contribution < 1.29 is 33.8 Å². The van der Waals surface area contributed by atoms with Crippen LogP contribution in [0.2, 0.25) is 0 Å². The van der Waals surface area contributed by atoms with Crippen molar-refractivity contribution in [1.82, 2.24) is 10.2 Å². The molecule has 282 valence electrons. The fraction of sp³-hybridized carbons (Fsp3) is 0.425. The molecule has 0 spiro atoms. The van der Waals surface area contributed by atoms with E-state index in [2.05, 4.69) is 15.5 Å². The van der Waals surface area contributed by atoms with Crippen LogP contribution in [0.3, 0.4) is 0 Å². The van der Waals surface area contributed by atoms with Crippen LogP contribution in [-0.4, -0.2) is 84.7 Å². The molecule has 2 aliphatic heterocycles. The van der Waals surface area contributed by atoms with E-state index in [9.17, 15) is 24.0 Å². The highest BCUT2D eigenvalue weighted by Gasteiger charge is 2.38. The Hall–Kier alpha value is -5.59. The number of esters is 1. The summed E-state index contributed by atoms with van der Waals surface area (Å²) in [6, 6.07) is 17.9. The van der Waals surface area contributed by atoms with Gasteiger partial charge in [0.2, 0.25) is 5.91 Å². The number of rotatable bonds is 9. The van der Waals surface area contributed by atoms with Gasteiger partial charge in [0.05, 0.1) is 29.1 Å². The van der Waals surface area contributed by atoms with Gasteiger partial charge in [-0.3, -0.25) is 14.5 Å². The number of carboxylic acid groups (broad SMARTS) is 1. The number of fused-ring (bicyclic) bond motifs is 1. The van der Waals surface area contributed by atoms with Crippen LogP contribution in [0, 0.1) is 0 Å². The zero-order valence-electron chi connectivity index (χ0n) is 30.5. The number of benzene rings is 3. The number of carboxylic acids is 1. The average Bonchev–Trinajstić information content (AvgIpc) is 3.69. The molecule has 1 aliphatic carbocycles. The summed E-state index contributed by atoms with van der Waals surface area (Å²) in [5.74, 6) is -1.74. The summed E-state index contributed by atoms with van der Waals surface area (Å²) in [7, 11) is 0. The minimum Gasteiger partial charge on any atom is -0.478 e. The van der Waals surface area contributed by atoms with Crippen molar-refractivity contribution in [3.8, 4) is 0 Å². The van der Waals surface area contributed by atoms with Gasteiger partial charge in [0, 0.05) is 37.1 Å². The van der Waals surface area contributed by atoms with E-state index in [1.54, 1.807) is 54.3 Å². The monoisotopic (exact) mass is 726 g/mol. The van der Waals surface area contributed by atoms with Gasteiger partial charge in [0.1, 0.15) is 12.6 Å². The number of ether oxygens (including phenoxy) is 1. The van der Waals surface area contributed by atoms with Gasteiger partial charge < -0.3 is 36.0 Å². The molecule has 3 aromatic carbocycles. The first kappa shape index (κ1) is 38.6. The molecule has 13 nitrogen and oxygen atoms in total. The Morgan fingerprint density at radius 3 is 2.17 bits per heavy atom. The molecule has 0 aromatic heterocycles. The molecule has 6 rings (SSSR count). The number of nitrogen functional groups attached to an aromatic ring is 1. The highest BCUT2D eigenvalue weighted by Crippen LogP contribution is 2.37. The minimum absolute atomic E-state index is 0.0660. The number of hydrogen-bond donors (Lipinski definition) is 4. The number of amides is 4. The number of carbonyl (C=O) groups is 5. The Morgan fingerprint density at radius 1 is 0.868 bits per heavy atom. The van der Waals surface area contributed by atoms with Gasteiger partial charge in [-0.25, -0.2) is 14.4 Å². The minimum atomic E-state index is -0.917. The van der Waals surface area contributed by atoms with E-state index in [0.29, 0.717) is 59.8 Å². The Morgan fingerprint density at radius 2 is 1.55 bits per heavy atom. The highest BCUT2D eigenvalue weighted by molar-refractivity contribution is 6.07. The number of nitrogens with one attached hydrogen (secondary N) is 2. The molecule has 2 fully saturated rings. The number of nitrogens with zero attached hydrogens (tertiary/aromatic N) is 3. The molecule has 3 aliphatic rings. The molecule has 4 amide bonds. The predicted molar refractivity (Wildman–Crippen MR) is 204 cm³/mol. The lowest BCUT2D eigenvalue weighted by Crippen LogP contribution is -2.55. The Bertz CT molecular complexity index is 1770. The Kier molecular flexibility index (Phi) is 13.3. The quantitative estimate of drug-likeness (QED) is 0.160. The first-order valence-electron chi connectivity index (χ1n) is 18.5. The van der Waals surface area contributed by atoms with Crippen molar-refractivity contribution in [2.45, 2.75) is 77.3 Å². The van der Waals surface area contributed by atoms with Crippen molar-refractivity contribution in [3.05, 3.63) is 83.4 Å². The van der Waals surface area contributed by atoms with E-state index in [-0.39, 0.29) is 31.0 Å². The molecule has 5 N–H and O–H groups in total. The standard InChI is InChI=1S/C31H39N5O5.C9H11NO2/c1-2-41-30(39)22-14-16-23(17-15-22)32-31(40)33-25-20-35(24-10-4-3-5-11-24)26-12-6-7-13-27(26)36(29(25)38)21-28(37)34-18-8-9-19-34;1-2-6-7(9(11)12)4-3-5-8(6)10/h6-7,12-17,24-25H,2-5,8-11,18-21H2,1H3,(H2,32,33,40);3-5H,2,10H2,1H3,(H,11,12). The van der Waals surface area contributed by atoms with Gasteiger partial charge in [-0.15, -0.1) is 0 Å². The second kappa shape index (κ2) is 18.3. The van der Waals surface area contributed by atoms with Crippen molar-refractivity contribution in [2.75, 3.05) is 53.6 Å². The first-order valence-corrected chi connectivity index (χ1v) is 18.5. The van der Waals surface area contributed by atoms with E-state index in [4.69, 9.17) is 15.6 Å². The van der Waals surface area contributed by atoms with Crippen LogP contribution in [0.15, 0.2) is 66.7 Å². The summed E-state index contributed by atoms with van der Waals surface area (Å²) in [6.07, 6.45) is 8.05. The van der Waals surface area contributed by atoms with Gasteiger partial charge in [0.15, 0.2) is 0 Å². The highest BCUT2D eigenvalue weighted by atomic mass is 16.5. The van der Waals surface area contributed by atoms with E-state index in [0.717, 1.165) is 44.2 Å². The zero-order chi connectivity index (χ0) is 37.9. The topological polar surface area (TPSA) is 175 Å². The smallest absolute Gasteiger partial charge is 0.338 e. The van der Waals surface area contributed by atoms with E-state index in [1.807, 2.05) is 36.1 Å². The summed E-state index contributed by atoms with van der Waals surface area (Å²) >= 11 is 0. The number of urea groups is 1. The van der Waals surface area contributed by atoms with Gasteiger partial charge >= 0.3 is 18.0 Å². The molecular weight excluding hydrogens is 676 g/mol. The lowest BCUT2D eigenvalue weighted by atomic mass is 9.93. The van der Waals surface area contributed by atoms with Crippen LogP contribution in [0.4, 0.5) is 27.5 Å². The molecule has 1 atom stereocenters. The van der Waals surface area contributed by atoms with Crippen molar-refractivity contribution in [3.63, 3.8) is 0 Å². The summed E-state index contributed by atoms with van der Waals surface area (Å²) in [5.41, 5.74) is 9.66. The largest absolute Gasteiger partial charge is 0.478 e. The first-order chi connectivity index (χ1) is 25.6. The number of hydrogen-bond acceptors (Lipinski definition) is 8. The van der Waals surface area contributed by atoms with Crippen LogP contribution in [0.5, 0.6) is 0 Å². The molecule has 2 heterocycles. The maximum atomic E-state index is 14.1. The number of nitrogens with two attached hydrogens (primary N) is 1. The van der Waals surface area contributed by atoms with Gasteiger partial charge in [-0.1, -0.05) is 44.4 Å². The predicted octanol–water partition coefficient (Wildman–Crippen LogP) is 5.69. The Balaban J connectivity index is 0.000000384. The number of likely N-dealkylation sites (tertiary alicyclic amines) is 1. The van der Waals surface area contributed by atoms with Crippen molar-refractivity contribution in [1.29, 1.82) is 0 Å². The van der Waals surface area contributed by atoms with Crippen molar-refractivity contribution in [2.24, 2.45) is 0 Å². The van der Waals surface area contributed by atoms with E-state index in [1.165, 1.54) is 6.42 Å². The van der Waals surface area contributed by atoms with Crippen LogP contribution in [0.1, 0.15) is 85.1 Å². The number of carbonyl (C=O) groups excluding carboxylic acids is 4. The fourth-order valence-electron chi connectivity index (χ4n) is 7.26. The third-order valence-corrected chi connectivity index (χ3v) is 9.95. The molecular formula is C40H50N6O7. The summed E-state index contributed by atoms with van der Waals surface area (Å²) in [6.45, 7) is 5.56. The maximum Gasteiger partial charge on any atom is 0.338 e. The van der Waals surface area contributed by atoms with Gasteiger partial charge in [-0.2, -0.15) is 0 Å². The van der Waals surface area contributed by atoms with E-state index >= 15 is 0 Å². The number of anilines is 4. The number of para-hydroxylation sites is 2. The molecule has 0 radical (unpaired) electrons. The second-order valence-electron chi connectivity index (χ2n) is 13.4. The SMILES string of the molecule is CCOC(=O)c1ccc(NC(=O)NC2CN(C3CCCCC3)c3ccccc3N(CC(=O)N3CCCC3)C2=O)cc1.CCc1c(N)cccc1C(=O)O. The molecule has 53 heavy (non-hydrogen) atoms. The summed E-state index contributed by atoms with van der Waals surface area (Å²) < 4.78 is 5.02. The van der Waals surface area contributed by atoms with Crippen LogP contribution >= 0.6 is 0 Å². The van der Waals surface area contributed by atoms with Crippen molar-refractivity contribution >= 4 is 52.5 Å². The van der Waals surface area contributed by atoms with Gasteiger partial charge in [0.25, 0.3) is 5.91 Å². The fourth-order valence-corrected chi connectivity index (χ4v) is 7.26. The zero-order valence-corrected chi connectivity index (χ0v) is 30.5.